The molecule has 188 valence electrons. The third-order valence-corrected chi connectivity index (χ3v) is 6.12. The number of nitrogens with one attached hydrogen (secondary N) is 1. The normalized spacial score (nSPS) is 12.8. The second-order valence-corrected chi connectivity index (χ2v) is 9.04. The summed E-state index contributed by atoms with van der Waals surface area (Å²) in [5.41, 5.74) is 2.97. The zero-order valence-corrected chi connectivity index (χ0v) is 21.6. The van der Waals surface area contributed by atoms with Crippen LogP contribution in [0.25, 0.3) is 0 Å². The van der Waals surface area contributed by atoms with Gasteiger partial charge in [0, 0.05) is 10.0 Å². The average molecular weight is 528 g/mol. The van der Waals surface area contributed by atoms with Gasteiger partial charge in [0.05, 0.1) is 32.0 Å². The van der Waals surface area contributed by atoms with Gasteiger partial charge < -0.3 is 19.7 Å². The summed E-state index contributed by atoms with van der Waals surface area (Å²) in [6, 6.07) is 17.8. The average Bonchev–Trinajstić information content (AvgIpc) is 2.85. The van der Waals surface area contributed by atoms with Crippen LogP contribution < -0.4 is 19.7 Å². The third kappa shape index (κ3) is 5.86. The number of ether oxygens (including phenoxy) is 2. The second-order valence-electron chi connectivity index (χ2n) is 8.17. The van der Waals surface area contributed by atoms with Crippen LogP contribution in [-0.4, -0.2) is 36.6 Å². The van der Waals surface area contributed by atoms with Crippen molar-refractivity contribution in [3.05, 3.63) is 81.8 Å². The Morgan fingerprint density at radius 2 is 1.58 bits per heavy atom. The summed E-state index contributed by atoms with van der Waals surface area (Å²) in [5.74, 6) is 0.639. The van der Waals surface area contributed by atoms with Crippen molar-refractivity contribution in [1.29, 1.82) is 0 Å². The highest BCUT2D eigenvalue weighted by molar-refractivity contribution is 6.31. The summed E-state index contributed by atoms with van der Waals surface area (Å²) in [4.78, 5) is 29.8. The molecule has 3 aromatic carbocycles. The van der Waals surface area contributed by atoms with E-state index in [0.717, 1.165) is 16.8 Å². The lowest BCUT2D eigenvalue weighted by molar-refractivity contribution is -0.116. The van der Waals surface area contributed by atoms with Crippen LogP contribution in [0.4, 0.5) is 16.2 Å². The van der Waals surface area contributed by atoms with Crippen molar-refractivity contribution >= 4 is 46.5 Å². The fraction of sp³-hybridized carbons (Fsp3) is 0.259. The van der Waals surface area contributed by atoms with E-state index in [2.05, 4.69) is 5.32 Å². The molecule has 1 N–H and O–H groups in total. The Morgan fingerprint density at radius 1 is 0.944 bits per heavy atom. The lowest BCUT2D eigenvalue weighted by Gasteiger charge is -2.37. The van der Waals surface area contributed by atoms with Crippen molar-refractivity contribution in [2.45, 2.75) is 26.9 Å². The summed E-state index contributed by atoms with van der Waals surface area (Å²) >= 11 is 12.3. The molecule has 0 bridgehead atoms. The van der Waals surface area contributed by atoms with Crippen LogP contribution in [0.15, 0.2) is 60.7 Å². The highest BCUT2D eigenvalue weighted by Gasteiger charge is 2.32. The van der Waals surface area contributed by atoms with Crippen molar-refractivity contribution in [3.8, 4) is 11.5 Å². The first-order chi connectivity index (χ1) is 17.4. The summed E-state index contributed by atoms with van der Waals surface area (Å²) in [5, 5.41) is 4.06. The van der Waals surface area contributed by atoms with Gasteiger partial charge in [-0.15, -0.1) is 0 Å². The number of hydrogen-bond acceptors (Lipinski definition) is 4. The molecule has 0 aliphatic carbocycles. The molecule has 0 saturated heterocycles. The van der Waals surface area contributed by atoms with E-state index in [4.69, 9.17) is 32.7 Å². The Bertz CT molecular complexity index is 1230. The third-order valence-electron chi connectivity index (χ3n) is 5.64. The first kappa shape index (κ1) is 25.7. The number of halogens is 2. The minimum atomic E-state index is -0.367. The molecule has 3 amide bonds. The summed E-state index contributed by atoms with van der Waals surface area (Å²) < 4.78 is 11.4. The van der Waals surface area contributed by atoms with E-state index in [-0.39, 0.29) is 25.0 Å². The van der Waals surface area contributed by atoms with Crippen LogP contribution in [-0.2, 0) is 17.9 Å². The molecule has 7 nitrogen and oxygen atoms in total. The first-order valence-corrected chi connectivity index (χ1v) is 12.4. The van der Waals surface area contributed by atoms with Crippen LogP contribution >= 0.6 is 23.2 Å². The molecular weight excluding hydrogens is 501 g/mol. The molecule has 4 rings (SSSR count). The van der Waals surface area contributed by atoms with E-state index in [0.29, 0.717) is 47.0 Å². The van der Waals surface area contributed by atoms with Crippen molar-refractivity contribution in [1.82, 2.24) is 4.90 Å². The van der Waals surface area contributed by atoms with E-state index in [1.807, 2.05) is 38.1 Å². The highest BCUT2D eigenvalue weighted by Crippen LogP contribution is 2.35. The molecule has 0 fully saturated rings. The number of carbonyl (C=O) groups excluding carboxylic acids is 2. The molecule has 9 heteroatoms. The molecule has 1 heterocycles. The van der Waals surface area contributed by atoms with Crippen LogP contribution in [0.2, 0.25) is 10.0 Å². The molecule has 3 aromatic rings. The number of amides is 3. The zero-order chi connectivity index (χ0) is 25.7. The van der Waals surface area contributed by atoms with E-state index >= 15 is 0 Å². The van der Waals surface area contributed by atoms with Crippen LogP contribution in [0.5, 0.6) is 11.5 Å². The molecule has 0 spiro atoms. The Labute approximate surface area is 220 Å². The van der Waals surface area contributed by atoms with Gasteiger partial charge in [-0.25, -0.2) is 4.79 Å². The molecule has 0 atom stereocenters. The van der Waals surface area contributed by atoms with E-state index in [1.165, 1.54) is 4.90 Å². The molecule has 36 heavy (non-hydrogen) atoms. The molecule has 1 aliphatic rings. The largest absolute Gasteiger partial charge is 0.492 e. The van der Waals surface area contributed by atoms with E-state index in [9.17, 15) is 9.59 Å². The predicted molar refractivity (Wildman–Crippen MR) is 142 cm³/mol. The maximum atomic E-state index is 13.5. The van der Waals surface area contributed by atoms with Gasteiger partial charge in [-0.3, -0.25) is 9.69 Å². The predicted octanol–water partition coefficient (Wildman–Crippen LogP) is 6.37. The first-order valence-electron chi connectivity index (χ1n) is 11.7. The van der Waals surface area contributed by atoms with Crippen molar-refractivity contribution in [3.63, 3.8) is 0 Å². The topological polar surface area (TPSA) is 71.1 Å². The monoisotopic (exact) mass is 527 g/mol. The van der Waals surface area contributed by atoms with Gasteiger partial charge in [0.1, 0.15) is 23.7 Å². The van der Waals surface area contributed by atoms with Crippen LogP contribution in [0.3, 0.4) is 0 Å². The van der Waals surface area contributed by atoms with Crippen LogP contribution in [0, 0.1) is 0 Å². The molecule has 0 aromatic heterocycles. The fourth-order valence-corrected chi connectivity index (χ4v) is 4.40. The van der Waals surface area contributed by atoms with Crippen molar-refractivity contribution < 1.29 is 19.1 Å². The minimum absolute atomic E-state index is 0.159. The Hall–Kier alpha value is -3.42. The van der Waals surface area contributed by atoms with Gasteiger partial charge in [-0.2, -0.15) is 0 Å². The SMILES string of the molecule is CCOc1cccc(OCC)c1NC(=O)CN1Cc2cc(Cl)ccc2N(Cc2ccc(Cl)cc2)C1=O. The maximum Gasteiger partial charge on any atom is 0.325 e. The minimum Gasteiger partial charge on any atom is -0.492 e. The smallest absolute Gasteiger partial charge is 0.325 e. The second kappa shape index (κ2) is 11.5. The fourth-order valence-electron chi connectivity index (χ4n) is 4.08. The van der Waals surface area contributed by atoms with E-state index in [1.54, 1.807) is 41.3 Å². The van der Waals surface area contributed by atoms with Gasteiger partial charge in [0.2, 0.25) is 5.91 Å². The van der Waals surface area contributed by atoms with Crippen LogP contribution in [0.1, 0.15) is 25.0 Å². The van der Waals surface area contributed by atoms with E-state index < -0.39 is 0 Å². The lowest BCUT2D eigenvalue weighted by atomic mass is 10.1. The standard InChI is InChI=1S/C27H27Cl2N3O4/c1-3-35-23-6-5-7-24(36-4-2)26(23)30-25(33)17-31-16-19-14-21(29)12-13-22(19)32(27(31)34)15-18-8-10-20(28)11-9-18/h5-14H,3-4,15-17H2,1-2H3,(H,30,33). The number of anilines is 2. The number of urea groups is 1. The van der Waals surface area contributed by atoms with Gasteiger partial charge in [0.25, 0.3) is 0 Å². The number of hydrogen-bond donors (Lipinski definition) is 1. The molecule has 0 saturated carbocycles. The number of para-hydroxylation sites is 1. The highest BCUT2D eigenvalue weighted by atomic mass is 35.5. The van der Waals surface area contributed by atoms with Gasteiger partial charge in [-0.1, -0.05) is 41.4 Å². The molecular formula is C27H27Cl2N3O4. The Morgan fingerprint density at radius 3 is 2.22 bits per heavy atom. The number of nitrogens with zero attached hydrogens (tertiary/aromatic N) is 2. The Kier molecular flexibility index (Phi) is 8.23. The lowest BCUT2D eigenvalue weighted by Crippen LogP contribution is -2.49. The van der Waals surface area contributed by atoms with Gasteiger partial charge in [-0.05, 0) is 67.4 Å². The number of fused-ring (bicyclic) bond motifs is 1. The summed E-state index contributed by atoms with van der Waals surface area (Å²) in [6.07, 6.45) is 0. The molecule has 0 unspecified atom stereocenters. The quantitative estimate of drug-likeness (QED) is 0.350. The maximum absolute atomic E-state index is 13.5. The zero-order valence-electron chi connectivity index (χ0n) is 20.1. The number of benzene rings is 3. The molecule has 1 aliphatic heterocycles. The summed E-state index contributed by atoms with van der Waals surface area (Å²) in [7, 11) is 0. The number of rotatable bonds is 9. The van der Waals surface area contributed by atoms with Gasteiger partial charge in [0.15, 0.2) is 0 Å². The summed E-state index contributed by atoms with van der Waals surface area (Å²) in [6.45, 7) is 5.01. The molecule has 0 radical (unpaired) electrons. The number of carbonyl (C=O) groups is 2. The van der Waals surface area contributed by atoms with Crippen molar-refractivity contribution in [2.24, 2.45) is 0 Å². The van der Waals surface area contributed by atoms with Crippen molar-refractivity contribution in [2.75, 3.05) is 30.0 Å². The van der Waals surface area contributed by atoms with Gasteiger partial charge >= 0.3 is 6.03 Å². The Balaban J connectivity index is 1.58.